The molecule has 2 atom stereocenters. The van der Waals surface area contributed by atoms with Crippen molar-refractivity contribution in [1.82, 2.24) is 9.80 Å². The molecule has 0 spiro atoms. The summed E-state index contributed by atoms with van der Waals surface area (Å²) in [7, 11) is 2.03. The molecule has 2 N–H and O–H groups in total. The van der Waals surface area contributed by atoms with Crippen molar-refractivity contribution in [2.45, 2.75) is 44.3 Å². The van der Waals surface area contributed by atoms with Gasteiger partial charge in [-0.1, -0.05) is 0 Å². The van der Waals surface area contributed by atoms with Crippen LogP contribution in [0.15, 0.2) is 0 Å². The highest BCUT2D eigenvalue weighted by Crippen LogP contribution is 2.21. The first kappa shape index (κ1) is 10.9. The minimum atomic E-state index is -0.0414. The van der Waals surface area contributed by atoms with E-state index in [1.807, 2.05) is 11.9 Å². The Balaban J connectivity index is 1.99. The van der Waals surface area contributed by atoms with E-state index in [-0.39, 0.29) is 18.1 Å². The van der Waals surface area contributed by atoms with Crippen molar-refractivity contribution in [3.63, 3.8) is 0 Å². The second kappa shape index (κ2) is 4.49. The molecule has 1 amide bonds. The molecule has 0 aromatic heterocycles. The van der Waals surface area contributed by atoms with Gasteiger partial charge in [-0.2, -0.15) is 0 Å². The van der Waals surface area contributed by atoms with Gasteiger partial charge in [0, 0.05) is 6.54 Å². The highest BCUT2D eigenvalue weighted by atomic mass is 16.2. The number of hydrogen-bond acceptors (Lipinski definition) is 3. The van der Waals surface area contributed by atoms with Crippen molar-refractivity contribution in [3.8, 4) is 0 Å². The molecule has 4 nitrogen and oxygen atoms in total. The largest absolute Gasteiger partial charge is 0.326 e. The fraction of sp³-hybridized carbons (Fsp3) is 0.909. The zero-order valence-electron chi connectivity index (χ0n) is 9.48. The van der Waals surface area contributed by atoms with Crippen molar-refractivity contribution < 1.29 is 4.79 Å². The maximum absolute atomic E-state index is 12.2. The van der Waals surface area contributed by atoms with E-state index < -0.39 is 0 Å². The maximum atomic E-state index is 12.2. The van der Waals surface area contributed by atoms with Gasteiger partial charge in [-0.3, -0.25) is 9.69 Å². The monoisotopic (exact) mass is 211 g/mol. The molecule has 2 unspecified atom stereocenters. The van der Waals surface area contributed by atoms with Crippen molar-refractivity contribution in [2.75, 3.05) is 20.1 Å². The molecule has 2 heterocycles. The molecule has 0 aromatic carbocycles. The van der Waals surface area contributed by atoms with Crippen LogP contribution in [0.3, 0.4) is 0 Å². The molecule has 2 aliphatic heterocycles. The Hall–Kier alpha value is -0.610. The van der Waals surface area contributed by atoms with E-state index in [0.717, 1.165) is 45.2 Å². The number of hydrogen-bond donors (Lipinski definition) is 1. The lowest BCUT2D eigenvalue weighted by atomic mass is 10.1. The van der Waals surface area contributed by atoms with Crippen LogP contribution >= 0.6 is 0 Å². The lowest BCUT2D eigenvalue weighted by Gasteiger charge is -2.36. The Morgan fingerprint density at radius 3 is 2.60 bits per heavy atom. The summed E-state index contributed by atoms with van der Waals surface area (Å²) in [6.07, 6.45) is 5.32. The molecule has 4 heteroatoms. The van der Waals surface area contributed by atoms with Gasteiger partial charge in [-0.25, -0.2) is 0 Å². The van der Waals surface area contributed by atoms with Crippen LogP contribution in [0.2, 0.25) is 0 Å². The molecular weight excluding hydrogens is 190 g/mol. The van der Waals surface area contributed by atoms with E-state index in [1.54, 1.807) is 0 Å². The summed E-state index contributed by atoms with van der Waals surface area (Å²) in [4.78, 5) is 16.3. The second-order valence-corrected chi connectivity index (χ2v) is 4.73. The van der Waals surface area contributed by atoms with Gasteiger partial charge in [-0.15, -0.1) is 0 Å². The van der Waals surface area contributed by atoms with Gasteiger partial charge in [0.15, 0.2) is 0 Å². The third kappa shape index (κ3) is 2.16. The van der Waals surface area contributed by atoms with E-state index >= 15 is 0 Å². The summed E-state index contributed by atoms with van der Waals surface area (Å²) < 4.78 is 0. The fourth-order valence-corrected chi connectivity index (χ4v) is 2.64. The summed E-state index contributed by atoms with van der Waals surface area (Å²) in [6.45, 7) is 1.89. The zero-order chi connectivity index (χ0) is 10.8. The zero-order valence-corrected chi connectivity index (χ0v) is 9.48. The van der Waals surface area contributed by atoms with Crippen molar-refractivity contribution >= 4 is 5.91 Å². The summed E-state index contributed by atoms with van der Waals surface area (Å²) >= 11 is 0. The first-order valence-corrected chi connectivity index (χ1v) is 5.96. The van der Waals surface area contributed by atoms with E-state index in [4.69, 9.17) is 5.73 Å². The molecule has 0 aromatic rings. The third-order valence-corrected chi connectivity index (χ3v) is 3.64. The van der Waals surface area contributed by atoms with Crippen LogP contribution in [0.4, 0.5) is 0 Å². The van der Waals surface area contributed by atoms with Crippen LogP contribution in [-0.2, 0) is 4.79 Å². The number of likely N-dealkylation sites (tertiary alicyclic amines) is 2. The number of likely N-dealkylation sites (N-methyl/N-ethyl adjacent to an activating group) is 1. The smallest absolute Gasteiger partial charge is 0.241 e. The van der Waals surface area contributed by atoms with Gasteiger partial charge < -0.3 is 10.6 Å². The van der Waals surface area contributed by atoms with Crippen LogP contribution in [0.25, 0.3) is 0 Å². The SMILES string of the molecule is CN1CCCC1C(=O)N1CCCCC1N. The Labute approximate surface area is 91.4 Å². The van der Waals surface area contributed by atoms with Gasteiger partial charge in [-0.05, 0) is 45.7 Å². The van der Waals surface area contributed by atoms with Crippen LogP contribution < -0.4 is 5.73 Å². The van der Waals surface area contributed by atoms with Gasteiger partial charge in [0.2, 0.25) is 5.91 Å². The first-order valence-electron chi connectivity index (χ1n) is 5.96. The minimum Gasteiger partial charge on any atom is -0.326 e. The van der Waals surface area contributed by atoms with Crippen LogP contribution in [0.5, 0.6) is 0 Å². The number of amides is 1. The minimum absolute atomic E-state index is 0.0414. The Kier molecular flexibility index (Phi) is 3.26. The third-order valence-electron chi connectivity index (χ3n) is 3.64. The van der Waals surface area contributed by atoms with Gasteiger partial charge in [0.1, 0.15) is 0 Å². The quantitative estimate of drug-likeness (QED) is 0.682. The lowest BCUT2D eigenvalue weighted by molar-refractivity contribution is -0.139. The normalized spacial score (nSPS) is 33.3. The number of carbonyl (C=O) groups excluding carboxylic acids is 1. The summed E-state index contributed by atoms with van der Waals surface area (Å²) in [5, 5.41) is 0. The molecule has 2 fully saturated rings. The van der Waals surface area contributed by atoms with E-state index in [0.29, 0.717) is 0 Å². The number of carbonyl (C=O) groups is 1. The Morgan fingerprint density at radius 1 is 1.20 bits per heavy atom. The molecule has 0 aliphatic carbocycles. The van der Waals surface area contributed by atoms with Crippen molar-refractivity contribution in [1.29, 1.82) is 0 Å². The number of nitrogens with two attached hydrogens (primary N) is 1. The molecule has 0 bridgehead atoms. The predicted molar refractivity (Wildman–Crippen MR) is 59.2 cm³/mol. The standard InChI is InChI=1S/C11H21N3O/c1-13-7-4-5-9(13)11(15)14-8-3-2-6-10(14)12/h9-10H,2-8,12H2,1H3. The second-order valence-electron chi connectivity index (χ2n) is 4.73. The number of rotatable bonds is 1. The van der Waals surface area contributed by atoms with E-state index in [1.165, 1.54) is 0 Å². The van der Waals surface area contributed by atoms with Crippen LogP contribution in [0, 0.1) is 0 Å². The lowest BCUT2D eigenvalue weighted by Crippen LogP contribution is -2.54. The Morgan fingerprint density at radius 2 is 2.00 bits per heavy atom. The van der Waals surface area contributed by atoms with Gasteiger partial charge in [0.25, 0.3) is 0 Å². The van der Waals surface area contributed by atoms with Gasteiger partial charge >= 0.3 is 0 Å². The molecule has 0 saturated carbocycles. The molecule has 0 radical (unpaired) electrons. The van der Waals surface area contributed by atoms with Crippen LogP contribution in [-0.4, -0.2) is 48.1 Å². The topological polar surface area (TPSA) is 49.6 Å². The molecule has 2 aliphatic rings. The highest BCUT2D eigenvalue weighted by molar-refractivity contribution is 5.82. The van der Waals surface area contributed by atoms with Crippen molar-refractivity contribution in [2.24, 2.45) is 5.73 Å². The van der Waals surface area contributed by atoms with Gasteiger partial charge in [0.05, 0.1) is 12.2 Å². The maximum Gasteiger partial charge on any atom is 0.241 e. The molecule has 2 rings (SSSR count). The highest BCUT2D eigenvalue weighted by Gasteiger charge is 2.34. The molecule has 86 valence electrons. The molecule has 15 heavy (non-hydrogen) atoms. The van der Waals surface area contributed by atoms with E-state index in [9.17, 15) is 4.79 Å². The van der Waals surface area contributed by atoms with Crippen molar-refractivity contribution in [3.05, 3.63) is 0 Å². The summed E-state index contributed by atoms with van der Waals surface area (Å²) in [6, 6.07) is 0.0918. The van der Waals surface area contributed by atoms with E-state index in [2.05, 4.69) is 4.90 Å². The predicted octanol–water partition coefficient (Wildman–Crippen LogP) is 0.378. The number of nitrogens with zero attached hydrogens (tertiary/aromatic N) is 2. The first-order chi connectivity index (χ1) is 7.20. The molecular formula is C11H21N3O. The number of piperidine rings is 1. The average molecular weight is 211 g/mol. The fourth-order valence-electron chi connectivity index (χ4n) is 2.64. The van der Waals surface area contributed by atoms with Crippen LogP contribution in [0.1, 0.15) is 32.1 Å². The molecule has 2 saturated heterocycles. The Bertz CT molecular complexity index is 244. The summed E-state index contributed by atoms with van der Waals surface area (Å²) in [5.41, 5.74) is 5.98. The average Bonchev–Trinajstić information content (AvgIpc) is 2.64. The summed E-state index contributed by atoms with van der Waals surface area (Å²) in [5.74, 6) is 0.252.